The molecule has 0 aliphatic carbocycles. The van der Waals surface area contributed by atoms with Gasteiger partial charge in [0.1, 0.15) is 0 Å². The number of hydrogen-bond donors (Lipinski definition) is 1. The van der Waals surface area contributed by atoms with Crippen LogP contribution in [-0.4, -0.2) is 55.5 Å². The molecule has 0 atom stereocenters. The molecule has 0 unspecified atom stereocenters. The number of nitrogens with one attached hydrogen (secondary N) is 1. The summed E-state index contributed by atoms with van der Waals surface area (Å²) >= 11 is 0. The van der Waals surface area contributed by atoms with Crippen LogP contribution >= 0.6 is 0 Å². The Morgan fingerprint density at radius 2 is 0.846 bits per heavy atom. The van der Waals surface area contributed by atoms with Crippen LogP contribution in [0.3, 0.4) is 0 Å². The molecule has 26 heavy (non-hydrogen) atoms. The maximum absolute atomic E-state index is 3.56. The first kappa shape index (κ1) is 26.1. The Balaban J connectivity index is 3.01. The van der Waals surface area contributed by atoms with Gasteiger partial charge in [0.05, 0.1) is 27.7 Å². The molecule has 0 radical (unpaired) electrons. The van der Waals surface area contributed by atoms with E-state index in [1.54, 1.807) is 0 Å². The van der Waals surface area contributed by atoms with Crippen molar-refractivity contribution in [3.8, 4) is 0 Å². The molecule has 0 bridgehead atoms. The topological polar surface area (TPSA) is 12.0 Å². The molecule has 0 aromatic carbocycles. The van der Waals surface area contributed by atoms with E-state index in [1.165, 1.54) is 139 Å². The lowest BCUT2D eigenvalue weighted by Gasteiger charge is -2.23. The van der Waals surface area contributed by atoms with E-state index in [4.69, 9.17) is 0 Å². The lowest BCUT2D eigenvalue weighted by molar-refractivity contribution is -0.870. The van der Waals surface area contributed by atoms with Crippen molar-refractivity contribution in [3.63, 3.8) is 0 Å². The van der Waals surface area contributed by atoms with E-state index < -0.39 is 0 Å². The number of quaternary nitrogens is 1. The van der Waals surface area contributed by atoms with Gasteiger partial charge < -0.3 is 9.80 Å². The van der Waals surface area contributed by atoms with Crippen molar-refractivity contribution < 1.29 is 4.48 Å². The Kier molecular flexibility index (Phi) is 20.0. The first-order chi connectivity index (χ1) is 12.6. The summed E-state index contributed by atoms with van der Waals surface area (Å²) < 4.78 is 1.12. The molecule has 0 saturated heterocycles. The van der Waals surface area contributed by atoms with Crippen LogP contribution < -0.4 is 5.32 Å². The van der Waals surface area contributed by atoms with Gasteiger partial charge in [0.25, 0.3) is 0 Å². The van der Waals surface area contributed by atoms with Gasteiger partial charge in [-0.25, -0.2) is 0 Å². The molecule has 0 spiro atoms. The van der Waals surface area contributed by atoms with Gasteiger partial charge in [-0.15, -0.1) is 0 Å². The smallest absolute Gasteiger partial charge is 0.0780 e. The van der Waals surface area contributed by atoms with Gasteiger partial charge in [-0.3, -0.25) is 0 Å². The summed E-state index contributed by atoms with van der Waals surface area (Å²) in [5, 5.41) is 3.56. The van der Waals surface area contributed by atoms with Gasteiger partial charge in [0.2, 0.25) is 0 Å². The fourth-order valence-electron chi connectivity index (χ4n) is 3.56. The van der Waals surface area contributed by atoms with E-state index in [9.17, 15) is 0 Å². The van der Waals surface area contributed by atoms with Crippen molar-refractivity contribution >= 4 is 10.2 Å². The van der Waals surface area contributed by atoms with Crippen LogP contribution in [0.5, 0.6) is 0 Å². The predicted molar refractivity (Wildman–Crippen MR) is 124 cm³/mol. The molecule has 158 valence electrons. The van der Waals surface area contributed by atoms with Gasteiger partial charge in [-0.2, -0.15) is 0 Å². The Labute approximate surface area is 169 Å². The normalized spacial score (nSPS) is 12.1. The van der Waals surface area contributed by atoms with Crippen LogP contribution in [0.15, 0.2) is 0 Å². The standard InChI is InChI=1S/C23H53N2Si/c1-25(2,3)22-18-16-14-12-10-8-6-4-5-7-9-11-13-15-17-20-24-21-19-23-26/h24H,4-23H2,1-3,26H3/q+1. The molecule has 1 N–H and O–H groups in total. The summed E-state index contributed by atoms with van der Waals surface area (Å²) in [6.45, 7) is 3.83. The Hall–Kier alpha value is 0.137. The lowest BCUT2D eigenvalue weighted by atomic mass is 10.0. The van der Waals surface area contributed by atoms with E-state index >= 15 is 0 Å². The molecule has 0 heterocycles. The van der Waals surface area contributed by atoms with Crippen molar-refractivity contribution in [1.82, 2.24) is 5.32 Å². The minimum atomic E-state index is 1.12. The average molecular weight is 386 g/mol. The van der Waals surface area contributed by atoms with Crippen molar-refractivity contribution in [2.24, 2.45) is 0 Å². The van der Waals surface area contributed by atoms with Gasteiger partial charge >= 0.3 is 0 Å². The van der Waals surface area contributed by atoms with Crippen LogP contribution in [-0.2, 0) is 0 Å². The van der Waals surface area contributed by atoms with E-state index in [0.717, 1.165) is 4.48 Å². The lowest BCUT2D eigenvalue weighted by Crippen LogP contribution is -2.35. The monoisotopic (exact) mass is 385 g/mol. The maximum atomic E-state index is 3.56. The van der Waals surface area contributed by atoms with Crippen LogP contribution in [0.4, 0.5) is 0 Å². The summed E-state index contributed by atoms with van der Waals surface area (Å²) in [7, 11) is 8.27. The molecule has 0 saturated carbocycles. The first-order valence-corrected chi connectivity index (χ1v) is 13.5. The maximum Gasteiger partial charge on any atom is 0.0780 e. The Morgan fingerprint density at radius 3 is 1.23 bits per heavy atom. The zero-order chi connectivity index (χ0) is 19.3. The fourth-order valence-corrected chi connectivity index (χ4v) is 3.91. The molecule has 3 heteroatoms. The Bertz CT molecular complexity index is 263. The van der Waals surface area contributed by atoms with Crippen LogP contribution in [0.25, 0.3) is 0 Å². The predicted octanol–water partition coefficient (Wildman–Crippen LogP) is 5.31. The van der Waals surface area contributed by atoms with Gasteiger partial charge in [-0.05, 0) is 38.8 Å². The molecule has 0 amide bonds. The van der Waals surface area contributed by atoms with Gasteiger partial charge in [-0.1, -0.05) is 83.1 Å². The van der Waals surface area contributed by atoms with Crippen molar-refractivity contribution in [2.75, 3.05) is 40.8 Å². The third-order valence-electron chi connectivity index (χ3n) is 5.39. The highest BCUT2D eigenvalue weighted by atomic mass is 28.1. The molecule has 0 aromatic heterocycles. The zero-order valence-electron chi connectivity index (χ0n) is 19.1. The third-order valence-corrected chi connectivity index (χ3v) is 6.10. The zero-order valence-corrected chi connectivity index (χ0v) is 21.1. The molecule has 0 aliphatic heterocycles. The van der Waals surface area contributed by atoms with Gasteiger partial charge in [0, 0.05) is 10.2 Å². The van der Waals surface area contributed by atoms with Crippen LogP contribution in [0.1, 0.15) is 103 Å². The highest BCUT2D eigenvalue weighted by Crippen LogP contribution is 2.13. The summed E-state index contributed by atoms with van der Waals surface area (Å²) in [5.74, 6) is 0. The number of hydrogen-bond acceptors (Lipinski definition) is 1. The minimum absolute atomic E-state index is 1.12. The van der Waals surface area contributed by atoms with Gasteiger partial charge in [0.15, 0.2) is 0 Å². The molecule has 0 fully saturated rings. The Morgan fingerprint density at radius 1 is 0.500 bits per heavy atom. The molecular weight excluding hydrogens is 332 g/mol. The number of rotatable bonds is 21. The summed E-state index contributed by atoms with van der Waals surface area (Å²) in [5.41, 5.74) is 0. The molecule has 0 rings (SSSR count). The van der Waals surface area contributed by atoms with E-state index in [1.807, 2.05) is 0 Å². The highest BCUT2D eigenvalue weighted by Gasteiger charge is 2.04. The third kappa shape index (κ3) is 24.1. The van der Waals surface area contributed by atoms with Crippen LogP contribution in [0, 0.1) is 0 Å². The summed E-state index contributed by atoms with van der Waals surface area (Å²) in [6, 6.07) is 1.45. The summed E-state index contributed by atoms with van der Waals surface area (Å²) in [4.78, 5) is 0. The molecule has 0 aliphatic rings. The van der Waals surface area contributed by atoms with Crippen molar-refractivity contribution in [2.45, 2.75) is 109 Å². The summed E-state index contributed by atoms with van der Waals surface area (Å²) in [6.07, 6.45) is 23.2. The fraction of sp³-hybridized carbons (Fsp3) is 1.00. The van der Waals surface area contributed by atoms with E-state index in [-0.39, 0.29) is 0 Å². The van der Waals surface area contributed by atoms with Crippen molar-refractivity contribution in [3.05, 3.63) is 0 Å². The first-order valence-electron chi connectivity index (χ1n) is 12.1. The molecule has 0 aromatic rings. The van der Waals surface area contributed by atoms with E-state index in [0.29, 0.717) is 0 Å². The number of nitrogens with zero attached hydrogens (tertiary/aromatic N) is 1. The minimum Gasteiger partial charge on any atom is -0.331 e. The van der Waals surface area contributed by atoms with E-state index in [2.05, 4.69) is 26.5 Å². The second-order valence-electron chi connectivity index (χ2n) is 9.42. The SMILES string of the molecule is C[N+](C)(C)CCCCCCCCCCCCCCCCCNCCC[SiH3]. The van der Waals surface area contributed by atoms with Crippen molar-refractivity contribution in [1.29, 1.82) is 0 Å². The molecular formula is C23H53N2Si+. The second kappa shape index (κ2) is 19.9. The van der Waals surface area contributed by atoms with Crippen LogP contribution in [0.2, 0.25) is 6.04 Å². The largest absolute Gasteiger partial charge is 0.331 e. The number of unbranched alkanes of at least 4 members (excludes halogenated alkanes) is 14. The quantitative estimate of drug-likeness (QED) is 0.160. The molecule has 2 nitrogen and oxygen atoms in total. The highest BCUT2D eigenvalue weighted by molar-refractivity contribution is 6.08. The second-order valence-corrected chi connectivity index (χ2v) is 10.4. The average Bonchev–Trinajstić information content (AvgIpc) is 2.59.